The van der Waals surface area contributed by atoms with Gasteiger partial charge in [0.2, 0.25) is 17.7 Å². The van der Waals surface area contributed by atoms with Crippen molar-refractivity contribution < 1.29 is 18.8 Å². The molecule has 0 aliphatic carbocycles. The van der Waals surface area contributed by atoms with Gasteiger partial charge in [0.1, 0.15) is 5.82 Å². The minimum atomic E-state index is -0.630. The highest BCUT2D eigenvalue weighted by molar-refractivity contribution is 8.01. The Morgan fingerprint density at radius 2 is 1.76 bits per heavy atom. The predicted molar refractivity (Wildman–Crippen MR) is 112 cm³/mol. The molecule has 1 fully saturated rings. The summed E-state index contributed by atoms with van der Waals surface area (Å²) in [6.07, 6.45) is 0.0180. The highest BCUT2D eigenvalue weighted by Gasteiger charge is 2.40. The van der Waals surface area contributed by atoms with Gasteiger partial charge in [-0.1, -0.05) is 30.3 Å². The van der Waals surface area contributed by atoms with E-state index in [-0.39, 0.29) is 29.9 Å². The van der Waals surface area contributed by atoms with Gasteiger partial charge in [-0.25, -0.2) is 9.29 Å². The van der Waals surface area contributed by atoms with Crippen molar-refractivity contribution in [1.29, 1.82) is 0 Å². The van der Waals surface area contributed by atoms with Crippen molar-refractivity contribution in [2.75, 3.05) is 16.0 Å². The summed E-state index contributed by atoms with van der Waals surface area (Å²) >= 11 is 1.13. The summed E-state index contributed by atoms with van der Waals surface area (Å²) < 4.78 is 13.1. The molecule has 7 heteroatoms. The average molecular weight is 408 g/mol. The molecular formula is C22H17FN2O3S. The maximum Gasteiger partial charge on any atom is 0.247 e. The first-order chi connectivity index (χ1) is 14.0. The van der Waals surface area contributed by atoms with Gasteiger partial charge in [-0.05, 0) is 47.2 Å². The third-order valence-electron chi connectivity index (χ3n) is 4.64. The summed E-state index contributed by atoms with van der Waals surface area (Å²) in [6.45, 7) is 0. The second kappa shape index (κ2) is 8.05. The van der Waals surface area contributed by atoms with Crippen LogP contribution in [-0.2, 0) is 14.4 Å². The molecule has 0 spiro atoms. The molecular weight excluding hydrogens is 391 g/mol. The quantitative estimate of drug-likeness (QED) is 0.649. The van der Waals surface area contributed by atoms with Crippen LogP contribution in [0.4, 0.5) is 15.8 Å². The van der Waals surface area contributed by atoms with Gasteiger partial charge in [-0.15, -0.1) is 11.8 Å². The molecule has 29 heavy (non-hydrogen) atoms. The fourth-order valence-electron chi connectivity index (χ4n) is 3.24. The van der Waals surface area contributed by atoms with E-state index in [0.717, 1.165) is 27.4 Å². The Morgan fingerprint density at radius 1 is 1.03 bits per heavy atom. The summed E-state index contributed by atoms with van der Waals surface area (Å²) in [4.78, 5) is 38.2. The van der Waals surface area contributed by atoms with Crippen molar-refractivity contribution in [3.05, 3.63) is 72.5 Å². The number of anilines is 2. The van der Waals surface area contributed by atoms with E-state index < -0.39 is 11.1 Å². The summed E-state index contributed by atoms with van der Waals surface area (Å²) in [6, 6.07) is 18.7. The lowest BCUT2D eigenvalue weighted by molar-refractivity contribution is -0.121. The number of amides is 3. The van der Waals surface area contributed by atoms with Gasteiger partial charge in [0.05, 0.1) is 16.7 Å². The molecule has 1 saturated heterocycles. The number of nitrogens with zero attached hydrogens (tertiary/aromatic N) is 1. The van der Waals surface area contributed by atoms with Crippen molar-refractivity contribution in [2.24, 2.45) is 0 Å². The topological polar surface area (TPSA) is 66.5 Å². The van der Waals surface area contributed by atoms with E-state index in [1.54, 1.807) is 0 Å². The van der Waals surface area contributed by atoms with Crippen molar-refractivity contribution >= 4 is 51.6 Å². The number of fused-ring (bicyclic) bond motifs is 1. The smallest absolute Gasteiger partial charge is 0.247 e. The standard InChI is InChI=1S/C22H17FN2O3S/c23-16-6-9-18(10-7-16)25-21(27)12-19(22(25)28)29-13-20(26)24-17-8-5-14-3-1-2-4-15(14)11-17/h1-11,19H,12-13H2,(H,24,26). The summed E-state index contributed by atoms with van der Waals surface area (Å²) in [7, 11) is 0. The summed E-state index contributed by atoms with van der Waals surface area (Å²) in [5, 5.41) is 4.29. The van der Waals surface area contributed by atoms with Gasteiger partial charge in [-0.3, -0.25) is 14.4 Å². The zero-order valence-corrected chi connectivity index (χ0v) is 16.1. The SMILES string of the molecule is O=C(CSC1CC(=O)N(c2ccc(F)cc2)C1=O)Nc1ccc2ccccc2c1. The van der Waals surface area contributed by atoms with Crippen molar-refractivity contribution in [1.82, 2.24) is 0 Å². The van der Waals surface area contributed by atoms with E-state index in [4.69, 9.17) is 0 Å². The number of carbonyl (C=O) groups excluding carboxylic acids is 3. The van der Waals surface area contributed by atoms with Gasteiger partial charge in [-0.2, -0.15) is 0 Å². The van der Waals surface area contributed by atoms with Crippen LogP contribution in [0.25, 0.3) is 10.8 Å². The largest absolute Gasteiger partial charge is 0.325 e. The van der Waals surface area contributed by atoms with Crippen LogP contribution in [0.15, 0.2) is 66.7 Å². The van der Waals surface area contributed by atoms with E-state index in [0.29, 0.717) is 11.4 Å². The van der Waals surface area contributed by atoms with Crippen LogP contribution in [0.5, 0.6) is 0 Å². The minimum absolute atomic E-state index is 0.0180. The Bertz CT molecular complexity index is 1100. The number of hydrogen-bond acceptors (Lipinski definition) is 4. The van der Waals surface area contributed by atoms with E-state index in [1.165, 1.54) is 24.3 Å². The lowest BCUT2D eigenvalue weighted by atomic mass is 10.1. The lowest BCUT2D eigenvalue weighted by Crippen LogP contribution is -2.31. The number of imide groups is 1. The van der Waals surface area contributed by atoms with Crippen LogP contribution in [-0.4, -0.2) is 28.7 Å². The Morgan fingerprint density at radius 3 is 2.52 bits per heavy atom. The molecule has 1 atom stereocenters. The molecule has 0 bridgehead atoms. The average Bonchev–Trinajstić information content (AvgIpc) is 3.00. The van der Waals surface area contributed by atoms with Crippen LogP contribution < -0.4 is 10.2 Å². The third-order valence-corrected chi connectivity index (χ3v) is 5.84. The number of hydrogen-bond donors (Lipinski definition) is 1. The maximum atomic E-state index is 13.1. The highest BCUT2D eigenvalue weighted by Crippen LogP contribution is 2.30. The number of nitrogens with one attached hydrogen (secondary N) is 1. The number of thioether (sulfide) groups is 1. The molecule has 3 aromatic rings. The highest BCUT2D eigenvalue weighted by atomic mass is 32.2. The lowest BCUT2D eigenvalue weighted by Gasteiger charge is -2.14. The van der Waals surface area contributed by atoms with E-state index >= 15 is 0 Å². The molecule has 3 aromatic carbocycles. The fourth-order valence-corrected chi connectivity index (χ4v) is 4.17. The fraction of sp³-hybridized carbons (Fsp3) is 0.136. The van der Waals surface area contributed by atoms with Gasteiger partial charge < -0.3 is 5.32 Å². The van der Waals surface area contributed by atoms with Crippen LogP contribution >= 0.6 is 11.8 Å². The van der Waals surface area contributed by atoms with E-state index in [2.05, 4.69) is 5.32 Å². The predicted octanol–water partition coefficient (Wildman–Crippen LogP) is 3.98. The third kappa shape index (κ3) is 4.14. The molecule has 0 radical (unpaired) electrons. The molecule has 1 heterocycles. The van der Waals surface area contributed by atoms with Crippen LogP contribution in [0.3, 0.4) is 0 Å². The Hall–Kier alpha value is -3.19. The normalized spacial score (nSPS) is 16.4. The summed E-state index contributed by atoms with van der Waals surface area (Å²) in [5.74, 6) is -1.37. The molecule has 1 N–H and O–H groups in total. The zero-order chi connectivity index (χ0) is 20.4. The molecule has 146 valence electrons. The Labute approximate surface area is 170 Å². The van der Waals surface area contributed by atoms with E-state index in [1.807, 2.05) is 42.5 Å². The van der Waals surface area contributed by atoms with Crippen molar-refractivity contribution in [3.8, 4) is 0 Å². The Kier molecular flexibility index (Phi) is 5.31. The molecule has 0 aromatic heterocycles. The van der Waals surface area contributed by atoms with E-state index in [9.17, 15) is 18.8 Å². The van der Waals surface area contributed by atoms with Crippen molar-refractivity contribution in [2.45, 2.75) is 11.7 Å². The molecule has 4 rings (SSSR count). The van der Waals surface area contributed by atoms with Crippen LogP contribution in [0.2, 0.25) is 0 Å². The number of halogens is 1. The van der Waals surface area contributed by atoms with Crippen LogP contribution in [0.1, 0.15) is 6.42 Å². The molecule has 1 unspecified atom stereocenters. The van der Waals surface area contributed by atoms with Gasteiger partial charge in [0.15, 0.2) is 0 Å². The second-order valence-corrected chi connectivity index (χ2v) is 7.85. The van der Waals surface area contributed by atoms with Crippen molar-refractivity contribution in [3.63, 3.8) is 0 Å². The molecule has 0 saturated carbocycles. The van der Waals surface area contributed by atoms with Gasteiger partial charge in [0, 0.05) is 12.1 Å². The Balaban J connectivity index is 1.37. The monoisotopic (exact) mass is 408 g/mol. The molecule has 3 amide bonds. The minimum Gasteiger partial charge on any atom is -0.325 e. The zero-order valence-electron chi connectivity index (χ0n) is 15.3. The number of carbonyl (C=O) groups is 3. The van der Waals surface area contributed by atoms with Crippen LogP contribution in [0, 0.1) is 5.82 Å². The maximum absolute atomic E-state index is 13.1. The molecule has 1 aliphatic heterocycles. The first kappa shape index (κ1) is 19.1. The second-order valence-electron chi connectivity index (χ2n) is 6.66. The first-order valence-electron chi connectivity index (χ1n) is 9.04. The molecule has 5 nitrogen and oxygen atoms in total. The number of benzene rings is 3. The summed E-state index contributed by atoms with van der Waals surface area (Å²) in [5.41, 5.74) is 1.01. The number of rotatable bonds is 5. The van der Waals surface area contributed by atoms with Gasteiger partial charge in [0.25, 0.3) is 0 Å². The van der Waals surface area contributed by atoms with Gasteiger partial charge >= 0.3 is 0 Å². The first-order valence-corrected chi connectivity index (χ1v) is 10.1. The molecule has 1 aliphatic rings.